The van der Waals surface area contributed by atoms with E-state index in [1.165, 1.54) is 27.5 Å². The quantitative estimate of drug-likeness (QED) is 0.510. The molecular weight excluding hydrogens is 266 g/mol. The van der Waals surface area contributed by atoms with Crippen molar-refractivity contribution in [1.82, 2.24) is 5.59 Å². The summed E-state index contributed by atoms with van der Waals surface area (Å²) in [6.07, 6.45) is 1.20. The standard InChI is InChI=1S/C12H17N3O5/c1-18-8-6-9(19-2)12(10(7-8)20-3)14-11(16)4-5-13-15-17/h5-7,15,17H,4H2,1-3H3,(H,14,16). The van der Waals surface area contributed by atoms with Gasteiger partial charge in [0.15, 0.2) is 0 Å². The SMILES string of the molecule is COc1cc(OC)c(NC(=O)CC=NNO)c(OC)c1. The Bertz CT molecular complexity index is 465. The maximum absolute atomic E-state index is 11.7. The van der Waals surface area contributed by atoms with E-state index in [2.05, 4.69) is 10.4 Å². The molecule has 0 atom stereocenters. The normalized spacial score (nSPS) is 10.2. The fourth-order valence-electron chi connectivity index (χ4n) is 1.49. The molecule has 3 N–H and O–H groups in total. The summed E-state index contributed by atoms with van der Waals surface area (Å²) in [5, 5.41) is 14.2. The minimum Gasteiger partial charge on any atom is -0.496 e. The van der Waals surface area contributed by atoms with Crippen LogP contribution in [0.2, 0.25) is 0 Å². The molecule has 0 aromatic heterocycles. The topological polar surface area (TPSA) is 101 Å². The molecule has 0 aliphatic heterocycles. The number of methoxy groups -OCH3 is 3. The van der Waals surface area contributed by atoms with Crippen LogP contribution in [0.5, 0.6) is 17.2 Å². The molecule has 0 aliphatic carbocycles. The van der Waals surface area contributed by atoms with Crippen molar-refractivity contribution < 1.29 is 24.2 Å². The number of carbonyl (C=O) groups excluding carboxylic acids is 1. The summed E-state index contributed by atoms with van der Waals surface area (Å²) >= 11 is 0. The van der Waals surface area contributed by atoms with Crippen LogP contribution in [0.25, 0.3) is 0 Å². The summed E-state index contributed by atoms with van der Waals surface area (Å²) in [5.41, 5.74) is 1.97. The van der Waals surface area contributed by atoms with Crippen molar-refractivity contribution in [3.8, 4) is 17.2 Å². The molecule has 8 heteroatoms. The molecule has 0 bridgehead atoms. The zero-order chi connectivity index (χ0) is 15.0. The van der Waals surface area contributed by atoms with Gasteiger partial charge in [-0.2, -0.15) is 10.7 Å². The Morgan fingerprint density at radius 2 is 1.85 bits per heavy atom. The Kier molecular flexibility index (Phi) is 6.11. The van der Waals surface area contributed by atoms with Gasteiger partial charge in [0.25, 0.3) is 0 Å². The molecule has 0 saturated heterocycles. The Morgan fingerprint density at radius 3 is 2.30 bits per heavy atom. The molecule has 1 aromatic carbocycles. The fraction of sp³-hybridized carbons (Fsp3) is 0.333. The fourth-order valence-corrected chi connectivity index (χ4v) is 1.49. The van der Waals surface area contributed by atoms with Gasteiger partial charge < -0.3 is 19.5 Å². The number of rotatable bonds is 7. The van der Waals surface area contributed by atoms with Gasteiger partial charge >= 0.3 is 0 Å². The molecule has 0 saturated carbocycles. The molecule has 0 spiro atoms. The molecule has 1 rings (SSSR count). The van der Waals surface area contributed by atoms with Gasteiger partial charge in [-0.25, -0.2) is 0 Å². The molecular formula is C12H17N3O5. The second kappa shape index (κ2) is 7.85. The highest BCUT2D eigenvalue weighted by Crippen LogP contribution is 2.38. The number of hydrazone groups is 1. The first kappa shape index (κ1) is 15.6. The van der Waals surface area contributed by atoms with E-state index in [-0.39, 0.29) is 12.3 Å². The lowest BCUT2D eigenvalue weighted by atomic mass is 10.2. The molecule has 8 nitrogen and oxygen atoms in total. The van der Waals surface area contributed by atoms with E-state index in [1.807, 2.05) is 0 Å². The number of amides is 1. The average Bonchev–Trinajstić information content (AvgIpc) is 2.47. The lowest BCUT2D eigenvalue weighted by Gasteiger charge is -2.15. The molecule has 110 valence electrons. The van der Waals surface area contributed by atoms with Crippen LogP contribution in [0.15, 0.2) is 17.2 Å². The Labute approximate surface area is 116 Å². The molecule has 0 unspecified atom stereocenters. The molecule has 1 aromatic rings. The van der Waals surface area contributed by atoms with Crippen LogP contribution in [-0.2, 0) is 4.79 Å². The van der Waals surface area contributed by atoms with Gasteiger partial charge in [0.2, 0.25) is 5.91 Å². The highest BCUT2D eigenvalue weighted by atomic mass is 16.5. The van der Waals surface area contributed by atoms with Crippen LogP contribution < -0.4 is 25.1 Å². The van der Waals surface area contributed by atoms with Crippen molar-refractivity contribution in [2.45, 2.75) is 6.42 Å². The van der Waals surface area contributed by atoms with E-state index in [0.29, 0.717) is 22.9 Å². The van der Waals surface area contributed by atoms with Crippen LogP contribution in [0.4, 0.5) is 5.69 Å². The summed E-state index contributed by atoms with van der Waals surface area (Å²) in [6, 6.07) is 3.25. The van der Waals surface area contributed by atoms with Crippen molar-refractivity contribution in [2.75, 3.05) is 26.6 Å². The van der Waals surface area contributed by atoms with E-state index in [0.717, 1.165) is 0 Å². The number of ether oxygens (including phenoxy) is 3. The van der Waals surface area contributed by atoms with Gasteiger partial charge in [-0.3, -0.25) is 10.0 Å². The second-order valence-corrected chi connectivity index (χ2v) is 3.57. The molecule has 0 fully saturated rings. The molecule has 0 heterocycles. The smallest absolute Gasteiger partial charge is 0.230 e. The lowest BCUT2D eigenvalue weighted by molar-refractivity contribution is -0.115. The first-order valence-electron chi connectivity index (χ1n) is 5.66. The summed E-state index contributed by atoms with van der Waals surface area (Å²) < 4.78 is 15.5. The Morgan fingerprint density at radius 1 is 1.25 bits per heavy atom. The van der Waals surface area contributed by atoms with Crippen molar-refractivity contribution in [1.29, 1.82) is 0 Å². The van der Waals surface area contributed by atoms with E-state index in [1.54, 1.807) is 17.7 Å². The number of nitrogens with one attached hydrogen (secondary N) is 2. The average molecular weight is 283 g/mol. The van der Waals surface area contributed by atoms with E-state index in [4.69, 9.17) is 19.4 Å². The minimum atomic E-state index is -0.342. The Balaban J connectivity index is 2.97. The molecule has 20 heavy (non-hydrogen) atoms. The monoisotopic (exact) mass is 283 g/mol. The van der Waals surface area contributed by atoms with Gasteiger partial charge in [-0.1, -0.05) is 0 Å². The third-order valence-corrected chi connectivity index (χ3v) is 2.41. The maximum Gasteiger partial charge on any atom is 0.230 e. The van der Waals surface area contributed by atoms with Gasteiger partial charge in [0.1, 0.15) is 22.9 Å². The third kappa shape index (κ3) is 4.02. The van der Waals surface area contributed by atoms with Crippen molar-refractivity contribution in [3.05, 3.63) is 12.1 Å². The van der Waals surface area contributed by atoms with Crippen LogP contribution in [-0.4, -0.2) is 38.7 Å². The minimum absolute atomic E-state index is 0.0219. The molecule has 0 radical (unpaired) electrons. The number of anilines is 1. The van der Waals surface area contributed by atoms with Crippen molar-refractivity contribution >= 4 is 17.8 Å². The molecule has 1 amide bonds. The van der Waals surface area contributed by atoms with Gasteiger partial charge in [-0.15, -0.1) is 0 Å². The third-order valence-electron chi connectivity index (χ3n) is 2.41. The van der Waals surface area contributed by atoms with Gasteiger partial charge in [0.05, 0.1) is 27.8 Å². The van der Waals surface area contributed by atoms with Crippen molar-refractivity contribution in [2.24, 2.45) is 5.10 Å². The van der Waals surface area contributed by atoms with E-state index >= 15 is 0 Å². The second-order valence-electron chi connectivity index (χ2n) is 3.57. The zero-order valence-electron chi connectivity index (χ0n) is 11.5. The van der Waals surface area contributed by atoms with Crippen molar-refractivity contribution in [3.63, 3.8) is 0 Å². The number of hydrogen-bond donors (Lipinski definition) is 3. The molecule has 0 aliphatic rings. The highest BCUT2D eigenvalue weighted by molar-refractivity contribution is 6.01. The number of hydrogen-bond acceptors (Lipinski definition) is 7. The summed E-state index contributed by atoms with van der Waals surface area (Å²) in [6.45, 7) is 0. The van der Waals surface area contributed by atoms with Crippen LogP contribution in [0.1, 0.15) is 6.42 Å². The van der Waals surface area contributed by atoms with Crippen LogP contribution >= 0.6 is 0 Å². The Hall–Kier alpha value is -2.48. The lowest BCUT2D eigenvalue weighted by Crippen LogP contribution is -2.14. The largest absolute Gasteiger partial charge is 0.496 e. The summed E-state index contributed by atoms with van der Waals surface area (Å²) in [7, 11) is 4.47. The summed E-state index contributed by atoms with van der Waals surface area (Å²) in [5.74, 6) is 1.02. The number of nitrogens with zero attached hydrogens (tertiary/aromatic N) is 1. The summed E-state index contributed by atoms with van der Waals surface area (Å²) in [4.78, 5) is 11.7. The first-order chi connectivity index (χ1) is 9.65. The van der Waals surface area contributed by atoms with E-state index < -0.39 is 0 Å². The predicted molar refractivity (Wildman–Crippen MR) is 72.8 cm³/mol. The predicted octanol–water partition coefficient (Wildman–Crippen LogP) is 1.01. The van der Waals surface area contributed by atoms with Crippen LogP contribution in [0, 0.1) is 0 Å². The zero-order valence-corrected chi connectivity index (χ0v) is 11.5. The first-order valence-corrected chi connectivity index (χ1v) is 5.66. The van der Waals surface area contributed by atoms with Gasteiger partial charge in [0, 0.05) is 18.3 Å². The van der Waals surface area contributed by atoms with Crippen LogP contribution in [0.3, 0.4) is 0 Å². The number of carbonyl (C=O) groups is 1. The van der Waals surface area contributed by atoms with E-state index in [9.17, 15) is 4.79 Å². The number of benzene rings is 1. The van der Waals surface area contributed by atoms with Gasteiger partial charge in [-0.05, 0) is 0 Å². The maximum atomic E-state index is 11.7. The highest BCUT2D eigenvalue weighted by Gasteiger charge is 2.15.